The molecule has 0 bridgehead atoms. The van der Waals surface area contributed by atoms with E-state index in [1.165, 1.54) is 10.9 Å². The van der Waals surface area contributed by atoms with Crippen molar-refractivity contribution >= 4 is 16.7 Å². The van der Waals surface area contributed by atoms with Crippen molar-refractivity contribution < 1.29 is 9.84 Å². The van der Waals surface area contributed by atoms with E-state index in [0.717, 1.165) is 16.3 Å². The van der Waals surface area contributed by atoms with E-state index in [9.17, 15) is 9.90 Å². The predicted molar refractivity (Wildman–Crippen MR) is 91.7 cm³/mol. The smallest absolute Gasteiger partial charge is 0.354 e. The van der Waals surface area contributed by atoms with Crippen LogP contribution in [0, 0.1) is 6.07 Å². The van der Waals surface area contributed by atoms with Gasteiger partial charge in [-0.2, -0.15) is 4.98 Å². The monoisotopic (exact) mass is 337 g/mol. The topological polar surface area (TPSA) is 103 Å². The van der Waals surface area contributed by atoms with Crippen LogP contribution in [-0.4, -0.2) is 31.8 Å². The number of hydrogen-bond donors (Lipinski definition) is 2. The third-order valence-electron chi connectivity index (χ3n) is 4.40. The molecule has 1 aliphatic rings. The van der Waals surface area contributed by atoms with Crippen molar-refractivity contribution in [3.8, 4) is 0 Å². The van der Waals surface area contributed by atoms with Gasteiger partial charge in [0.05, 0.1) is 12.2 Å². The largest absolute Gasteiger partial charge is 0.390 e. The van der Waals surface area contributed by atoms with E-state index in [4.69, 9.17) is 10.5 Å². The summed E-state index contributed by atoms with van der Waals surface area (Å²) in [5.74, 6) is -0.0814. The molecule has 3 aromatic rings. The highest BCUT2D eigenvalue weighted by Gasteiger charge is 2.35. The Bertz CT molecular complexity index is 972. The molecule has 0 saturated carbocycles. The fourth-order valence-corrected chi connectivity index (χ4v) is 3.12. The molecule has 1 fully saturated rings. The standard InChI is InChI=1S/C18H17N4O3/c19-17-20-10-22(18(24)21-17)16-9-14(23)15(25-16)8-11-5-6-12-3-1-2-4-13(12)7-11/h1-6,10,14-16,23H,8-9H2,(H2,19,21,24)/t14-,15+,16?/m0/s1. The molecule has 1 aromatic heterocycles. The van der Waals surface area contributed by atoms with Gasteiger partial charge in [0.25, 0.3) is 0 Å². The van der Waals surface area contributed by atoms with Crippen molar-refractivity contribution in [3.63, 3.8) is 0 Å². The zero-order chi connectivity index (χ0) is 17.4. The van der Waals surface area contributed by atoms with Gasteiger partial charge in [-0.3, -0.25) is 4.57 Å². The molecule has 0 amide bonds. The lowest BCUT2D eigenvalue weighted by atomic mass is 10.0. The van der Waals surface area contributed by atoms with E-state index < -0.39 is 24.1 Å². The minimum Gasteiger partial charge on any atom is -0.390 e. The van der Waals surface area contributed by atoms with Crippen LogP contribution >= 0.6 is 0 Å². The molecule has 4 rings (SSSR count). The first-order valence-electron chi connectivity index (χ1n) is 8.04. The Balaban J connectivity index is 1.53. The first-order valence-corrected chi connectivity index (χ1v) is 8.04. The summed E-state index contributed by atoms with van der Waals surface area (Å²) in [6, 6.07) is 15.3. The SMILES string of the molecule is Nc1ncn(C2C[C@H](O)[C@@H](Cc3[c]c4ccccc4cc3)O2)c(=O)n1. The number of aliphatic hydroxyl groups excluding tert-OH is 1. The van der Waals surface area contributed by atoms with Crippen molar-refractivity contribution in [2.75, 3.05) is 5.73 Å². The fourth-order valence-electron chi connectivity index (χ4n) is 3.12. The van der Waals surface area contributed by atoms with E-state index in [1.54, 1.807) is 0 Å². The Morgan fingerprint density at radius 2 is 2.16 bits per heavy atom. The molecule has 1 saturated heterocycles. The number of anilines is 1. The van der Waals surface area contributed by atoms with Gasteiger partial charge in [0.2, 0.25) is 5.95 Å². The molecular formula is C18H17N4O3. The van der Waals surface area contributed by atoms with Crippen LogP contribution in [-0.2, 0) is 11.2 Å². The van der Waals surface area contributed by atoms with Crippen LogP contribution in [0.25, 0.3) is 10.8 Å². The molecule has 2 heterocycles. The van der Waals surface area contributed by atoms with Gasteiger partial charge in [-0.05, 0) is 22.4 Å². The van der Waals surface area contributed by atoms with Crippen LogP contribution in [0.2, 0.25) is 0 Å². The van der Waals surface area contributed by atoms with Gasteiger partial charge in [-0.1, -0.05) is 36.4 Å². The number of aromatic nitrogens is 3. The molecular weight excluding hydrogens is 320 g/mol. The van der Waals surface area contributed by atoms with Gasteiger partial charge in [0, 0.05) is 12.8 Å². The van der Waals surface area contributed by atoms with Crippen LogP contribution < -0.4 is 11.4 Å². The average molecular weight is 337 g/mol. The van der Waals surface area contributed by atoms with Gasteiger partial charge in [-0.15, -0.1) is 0 Å². The zero-order valence-electron chi connectivity index (χ0n) is 13.4. The van der Waals surface area contributed by atoms with E-state index in [2.05, 4.69) is 16.0 Å². The second-order valence-electron chi connectivity index (χ2n) is 6.11. The highest BCUT2D eigenvalue weighted by Crippen LogP contribution is 2.30. The summed E-state index contributed by atoms with van der Waals surface area (Å²) in [6.07, 6.45) is 0.389. The van der Waals surface area contributed by atoms with E-state index >= 15 is 0 Å². The maximum Gasteiger partial charge on any atom is 0.354 e. The Hall–Kier alpha value is -2.77. The maximum atomic E-state index is 11.9. The number of benzene rings is 2. The van der Waals surface area contributed by atoms with Crippen LogP contribution in [0.3, 0.4) is 0 Å². The minimum atomic E-state index is -0.686. The van der Waals surface area contributed by atoms with Crippen LogP contribution in [0.1, 0.15) is 18.2 Å². The molecule has 127 valence electrons. The molecule has 3 N–H and O–H groups in total. The summed E-state index contributed by atoms with van der Waals surface area (Å²) in [7, 11) is 0. The first kappa shape index (κ1) is 15.7. The summed E-state index contributed by atoms with van der Waals surface area (Å²) in [5.41, 5.74) is 5.81. The Morgan fingerprint density at radius 3 is 3.00 bits per heavy atom. The van der Waals surface area contributed by atoms with E-state index in [-0.39, 0.29) is 5.95 Å². The molecule has 2 aromatic carbocycles. The van der Waals surface area contributed by atoms with Crippen molar-refractivity contribution in [2.24, 2.45) is 0 Å². The van der Waals surface area contributed by atoms with Gasteiger partial charge in [-0.25, -0.2) is 9.78 Å². The van der Waals surface area contributed by atoms with Crippen molar-refractivity contribution in [1.29, 1.82) is 0 Å². The van der Waals surface area contributed by atoms with E-state index in [1.807, 2.05) is 36.4 Å². The molecule has 25 heavy (non-hydrogen) atoms. The van der Waals surface area contributed by atoms with Gasteiger partial charge in [0.1, 0.15) is 12.6 Å². The Labute approximate surface area is 143 Å². The second-order valence-corrected chi connectivity index (χ2v) is 6.11. The normalized spacial score (nSPS) is 23.2. The molecule has 1 aliphatic heterocycles. The Kier molecular flexibility index (Phi) is 3.95. The summed E-state index contributed by atoms with van der Waals surface area (Å²) in [4.78, 5) is 19.3. The summed E-state index contributed by atoms with van der Waals surface area (Å²) in [6.45, 7) is 0. The van der Waals surface area contributed by atoms with Crippen LogP contribution in [0.5, 0.6) is 0 Å². The number of ether oxygens (including phenoxy) is 1. The highest BCUT2D eigenvalue weighted by molar-refractivity contribution is 5.82. The number of rotatable bonds is 3. The fraction of sp³-hybridized carbons (Fsp3) is 0.278. The minimum absolute atomic E-state index is 0.0814. The lowest BCUT2D eigenvalue weighted by molar-refractivity contribution is -0.0201. The van der Waals surface area contributed by atoms with Gasteiger partial charge >= 0.3 is 5.69 Å². The van der Waals surface area contributed by atoms with E-state index in [0.29, 0.717) is 12.8 Å². The summed E-state index contributed by atoms with van der Waals surface area (Å²) >= 11 is 0. The van der Waals surface area contributed by atoms with Crippen molar-refractivity contribution in [1.82, 2.24) is 14.5 Å². The second kappa shape index (κ2) is 6.27. The molecule has 7 nitrogen and oxygen atoms in total. The van der Waals surface area contributed by atoms with Crippen molar-refractivity contribution in [3.05, 3.63) is 64.8 Å². The lowest BCUT2D eigenvalue weighted by Crippen LogP contribution is -2.28. The average Bonchev–Trinajstić information content (AvgIpc) is 2.95. The number of fused-ring (bicyclic) bond motifs is 1. The third kappa shape index (κ3) is 3.11. The lowest BCUT2D eigenvalue weighted by Gasteiger charge is -2.16. The highest BCUT2D eigenvalue weighted by atomic mass is 16.5. The molecule has 1 unspecified atom stereocenters. The molecule has 3 atom stereocenters. The zero-order valence-corrected chi connectivity index (χ0v) is 13.4. The number of nitrogen functional groups attached to an aromatic ring is 1. The molecule has 0 spiro atoms. The van der Waals surface area contributed by atoms with Crippen LogP contribution in [0.4, 0.5) is 5.95 Å². The molecule has 1 radical (unpaired) electrons. The number of nitrogens with two attached hydrogens (primary N) is 1. The Morgan fingerprint density at radius 1 is 1.32 bits per heavy atom. The number of nitrogens with zero attached hydrogens (tertiary/aromatic N) is 3. The van der Waals surface area contributed by atoms with Crippen LogP contribution in [0.15, 0.2) is 47.5 Å². The third-order valence-corrected chi connectivity index (χ3v) is 4.40. The van der Waals surface area contributed by atoms with Gasteiger partial charge < -0.3 is 15.6 Å². The summed E-state index contributed by atoms with van der Waals surface area (Å²) in [5, 5.41) is 12.5. The van der Waals surface area contributed by atoms with Gasteiger partial charge in [0.15, 0.2) is 0 Å². The van der Waals surface area contributed by atoms with Crippen molar-refractivity contribution in [2.45, 2.75) is 31.3 Å². The first-order chi connectivity index (χ1) is 12.1. The predicted octanol–water partition coefficient (Wildman–Crippen LogP) is 1.06. The molecule has 0 aliphatic carbocycles. The number of aliphatic hydroxyl groups is 1. The molecule has 7 heteroatoms. The maximum absolute atomic E-state index is 11.9. The quantitative estimate of drug-likeness (QED) is 0.741. The summed E-state index contributed by atoms with van der Waals surface area (Å²) < 4.78 is 7.12. The number of hydrogen-bond acceptors (Lipinski definition) is 6.